The first-order valence-corrected chi connectivity index (χ1v) is 23.9. The number of aromatic nitrogens is 3. The van der Waals surface area contributed by atoms with Crippen LogP contribution in [0.15, 0.2) is 127 Å². The summed E-state index contributed by atoms with van der Waals surface area (Å²) in [6, 6.07) is 35.3. The zero-order valence-corrected chi connectivity index (χ0v) is 45.1. The zero-order chi connectivity index (χ0) is 54.4. The Morgan fingerprint density at radius 2 is 0.618 bits per heavy atom. The minimum atomic E-state index is -1.20. The molecule has 0 fully saturated rings. The molecule has 0 aliphatic rings. The maximum absolute atomic E-state index is 13.0. The summed E-state index contributed by atoms with van der Waals surface area (Å²) in [6.07, 6.45) is -0.844. The molecule has 0 bridgehead atoms. The minimum absolute atomic E-state index is 0. The monoisotopic (exact) mass is 1100 g/mol. The maximum atomic E-state index is 13.0. The molecule has 0 spiro atoms. The van der Waals surface area contributed by atoms with Gasteiger partial charge in [0.15, 0.2) is 0 Å². The average molecular weight is 1100 g/mol. The first kappa shape index (κ1) is 57.4. The van der Waals surface area contributed by atoms with Crippen LogP contribution in [0.25, 0.3) is 32.7 Å². The normalized spacial score (nSPS) is 10.7. The number of hydrogen-bond acceptors (Lipinski definition) is 12. The second-order valence-corrected chi connectivity index (χ2v) is 18.2. The van der Waals surface area contributed by atoms with Crippen molar-refractivity contribution in [3.8, 4) is 17.2 Å². The molecule has 0 unspecified atom stereocenters. The van der Waals surface area contributed by atoms with Crippen molar-refractivity contribution in [1.82, 2.24) is 13.7 Å². The van der Waals surface area contributed by atoms with Gasteiger partial charge in [-0.15, -0.1) is 0 Å². The van der Waals surface area contributed by atoms with Crippen molar-refractivity contribution in [2.45, 2.75) is 40.0 Å². The number of carbonyl (C=O) groups excluding carboxylic acids is 6. The number of hydrogen-bond donors (Lipinski definition) is 0. The van der Waals surface area contributed by atoms with Gasteiger partial charge in [-0.3, -0.25) is 28.1 Å². The Kier molecular flexibility index (Phi) is 18.6. The fraction of sp³-hybridized carbons (Fsp3) is 0.158. The van der Waals surface area contributed by atoms with Crippen molar-refractivity contribution in [2.24, 2.45) is 0 Å². The van der Waals surface area contributed by atoms with Gasteiger partial charge >= 0.3 is 17.4 Å². The quantitative estimate of drug-likeness (QED) is 0.110. The zero-order valence-electron chi connectivity index (χ0n) is 41.7. The molecule has 9 rings (SSSR count). The third-order valence-electron chi connectivity index (χ3n) is 12.5. The fourth-order valence-corrected chi connectivity index (χ4v) is 9.20. The summed E-state index contributed by atoms with van der Waals surface area (Å²) >= 11 is 17.6. The number of carbonyl (C=O) groups is 6. The van der Waals surface area contributed by atoms with E-state index >= 15 is 0 Å². The number of fused-ring (bicyclic) bond motifs is 3. The van der Waals surface area contributed by atoms with E-state index in [-0.39, 0.29) is 54.3 Å². The van der Waals surface area contributed by atoms with Gasteiger partial charge in [-0.1, -0.05) is 34.8 Å². The number of nitrogens with zero attached hydrogens (tertiary/aromatic N) is 3. The van der Waals surface area contributed by atoms with Crippen LogP contribution in [0.5, 0.6) is 17.2 Å². The average Bonchev–Trinajstić information content (AvgIpc) is 3.94. The van der Waals surface area contributed by atoms with Crippen molar-refractivity contribution >= 4 is 121 Å². The van der Waals surface area contributed by atoms with Crippen LogP contribution in [-0.2, 0) is 33.6 Å². The van der Waals surface area contributed by atoms with Crippen molar-refractivity contribution < 1.29 is 58.3 Å². The van der Waals surface area contributed by atoms with Crippen LogP contribution >= 0.6 is 34.8 Å². The van der Waals surface area contributed by atoms with Crippen LogP contribution in [-0.4, -0.2) is 88.0 Å². The number of carboxylic acids is 3. The molecule has 0 aliphatic carbocycles. The van der Waals surface area contributed by atoms with Gasteiger partial charge in [0.05, 0.1) is 37.9 Å². The molecular weight excluding hydrogens is 1050 g/mol. The number of carboxylic acid groups (broad SMARTS) is 3. The van der Waals surface area contributed by atoms with Gasteiger partial charge in [0, 0.05) is 102 Å². The Bertz CT molecular complexity index is 3310. The SMILES string of the molecule is COc1ccc2c(c1)c(CC(=O)[O-])c(C)n2C(=O)c1ccc(Cl)cc1.COc1ccc2c(c1)c(CC(=O)[O-])c(C)n2C(=O)c1ccc(Cl)cc1.COc1ccc2c(c1)c(CC(=O)[O-])c(C)n2C(=O)c1ccc(Cl)cc1.[Al+3]. The van der Waals surface area contributed by atoms with Crippen molar-refractivity contribution in [2.75, 3.05) is 21.3 Å². The molecule has 19 heteroatoms. The van der Waals surface area contributed by atoms with Crippen molar-refractivity contribution in [3.05, 3.63) is 193 Å². The topological polar surface area (TPSA) is 214 Å². The van der Waals surface area contributed by atoms with E-state index in [9.17, 15) is 44.1 Å². The van der Waals surface area contributed by atoms with E-state index in [1.54, 1.807) is 148 Å². The van der Waals surface area contributed by atoms with E-state index in [0.717, 1.165) is 0 Å². The van der Waals surface area contributed by atoms with E-state index in [2.05, 4.69) is 0 Å². The predicted octanol–water partition coefficient (Wildman–Crippen LogP) is 7.40. The van der Waals surface area contributed by atoms with Gasteiger partial charge in [0.25, 0.3) is 17.7 Å². The standard InChI is InChI=1S/3C19H16ClNO4.Al/c3*1-11-15(10-18(22)23)16-9-14(25-2)7-8-17(16)21(11)19(24)12-3-5-13(20)6-4-12;/h3*3-9H,10H2,1-2H3,(H,22,23);/q;;;+3/p-3. The van der Waals surface area contributed by atoms with E-state index < -0.39 is 17.9 Å². The Morgan fingerprint density at radius 3 is 0.816 bits per heavy atom. The molecule has 0 aliphatic heterocycles. The van der Waals surface area contributed by atoms with Crippen LogP contribution in [0.3, 0.4) is 0 Å². The fourth-order valence-electron chi connectivity index (χ4n) is 8.82. The molecule has 0 N–H and O–H groups in total. The van der Waals surface area contributed by atoms with E-state index in [0.29, 0.717) is 115 Å². The first-order chi connectivity index (χ1) is 35.8. The maximum Gasteiger partial charge on any atom is 3.00 e. The second-order valence-electron chi connectivity index (χ2n) is 16.9. The number of ether oxygens (including phenoxy) is 3. The minimum Gasteiger partial charge on any atom is -0.550 e. The molecule has 384 valence electrons. The predicted molar refractivity (Wildman–Crippen MR) is 285 cm³/mol. The number of aliphatic carboxylic acids is 3. The van der Waals surface area contributed by atoms with E-state index in [1.807, 2.05) is 0 Å². The van der Waals surface area contributed by atoms with Gasteiger partial charge in [-0.05, 0) is 165 Å². The Morgan fingerprint density at radius 1 is 0.395 bits per heavy atom. The molecule has 0 saturated heterocycles. The summed E-state index contributed by atoms with van der Waals surface area (Å²) < 4.78 is 20.2. The van der Waals surface area contributed by atoms with Crippen LogP contribution in [0.4, 0.5) is 0 Å². The van der Waals surface area contributed by atoms with E-state index in [4.69, 9.17) is 49.0 Å². The Hall–Kier alpha value is -7.84. The molecule has 9 aromatic rings. The van der Waals surface area contributed by atoms with Crippen LogP contribution in [0.2, 0.25) is 15.1 Å². The molecular formula is C57H45AlCl3N3O12. The molecule has 3 aromatic heterocycles. The number of halogens is 3. The molecule has 0 atom stereocenters. The van der Waals surface area contributed by atoms with Gasteiger partial charge in [-0.25, -0.2) is 0 Å². The summed E-state index contributed by atoms with van der Waals surface area (Å²) in [6.45, 7) is 5.16. The van der Waals surface area contributed by atoms with E-state index in [1.165, 1.54) is 35.0 Å². The van der Waals surface area contributed by atoms with Crippen LogP contribution in [0.1, 0.15) is 64.8 Å². The smallest absolute Gasteiger partial charge is 0.550 e. The van der Waals surface area contributed by atoms with Gasteiger partial charge in [0.1, 0.15) is 17.2 Å². The Balaban J connectivity index is 0.000000184. The largest absolute Gasteiger partial charge is 3.00 e. The third-order valence-corrected chi connectivity index (χ3v) is 13.2. The molecule has 0 amide bonds. The molecule has 3 heterocycles. The number of rotatable bonds is 12. The molecule has 0 radical (unpaired) electrons. The summed E-state index contributed by atoms with van der Waals surface area (Å²) in [5.41, 5.74) is 6.54. The molecule has 15 nitrogen and oxygen atoms in total. The summed E-state index contributed by atoms with van der Waals surface area (Å²) in [5, 5.41) is 37.0. The van der Waals surface area contributed by atoms with Gasteiger partial charge in [0.2, 0.25) is 0 Å². The third kappa shape index (κ3) is 12.3. The molecule has 0 saturated carbocycles. The Labute approximate surface area is 461 Å². The summed E-state index contributed by atoms with van der Waals surface area (Å²) in [4.78, 5) is 72.4. The second kappa shape index (κ2) is 24.7. The molecule has 6 aromatic carbocycles. The van der Waals surface area contributed by atoms with Gasteiger partial charge < -0.3 is 43.9 Å². The number of benzene rings is 6. The van der Waals surface area contributed by atoms with Crippen LogP contribution < -0.4 is 29.5 Å². The van der Waals surface area contributed by atoms with Crippen molar-refractivity contribution in [1.29, 1.82) is 0 Å². The summed E-state index contributed by atoms with van der Waals surface area (Å²) in [7, 11) is 4.59. The first-order valence-electron chi connectivity index (χ1n) is 22.8. The van der Waals surface area contributed by atoms with Gasteiger partial charge in [-0.2, -0.15) is 0 Å². The molecule has 76 heavy (non-hydrogen) atoms. The van der Waals surface area contributed by atoms with Crippen molar-refractivity contribution in [3.63, 3.8) is 0 Å². The number of methoxy groups -OCH3 is 3. The van der Waals surface area contributed by atoms with Crippen LogP contribution in [0, 0.1) is 20.8 Å². The summed E-state index contributed by atoms with van der Waals surface area (Å²) in [5.74, 6) is -2.62.